The van der Waals surface area contributed by atoms with E-state index in [-0.39, 0.29) is 5.97 Å². The van der Waals surface area contributed by atoms with Crippen LogP contribution in [0.25, 0.3) is 0 Å². The van der Waals surface area contributed by atoms with Crippen LogP contribution in [0.2, 0.25) is 0 Å². The molecule has 8 heavy (non-hydrogen) atoms. The molecule has 0 unspecified atom stereocenters. The van der Waals surface area contributed by atoms with Crippen LogP contribution in [-0.4, -0.2) is 18.3 Å². The minimum Gasteiger partial charge on any atom is -0.469 e. The van der Waals surface area contributed by atoms with Crippen molar-refractivity contribution in [3.63, 3.8) is 0 Å². The number of methoxy groups -OCH3 is 1. The van der Waals surface area contributed by atoms with E-state index in [1.807, 2.05) is 0 Å². The average molecular weight is 121 g/mol. The van der Waals surface area contributed by atoms with Gasteiger partial charge in [0.25, 0.3) is 0 Å². The molecule has 0 aliphatic rings. The maximum absolute atomic E-state index is 9.59. The van der Waals surface area contributed by atoms with Crippen molar-refractivity contribution < 1.29 is 14.7 Å². The third-order valence-electron chi connectivity index (χ3n) is 0.287. The average Bonchev–Trinajstić information content (AvgIpc) is 1.69. The van der Waals surface area contributed by atoms with Crippen LogP contribution < -0.4 is 0 Å². The van der Waals surface area contributed by atoms with E-state index >= 15 is 0 Å². The zero-order valence-electron chi connectivity index (χ0n) is 4.62. The summed E-state index contributed by atoms with van der Waals surface area (Å²) < 4.78 is 4.11. The van der Waals surface area contributed by atoms with Crippen molar-refractivity contribution in [3.8, 4) is 0 Å². The van der Waals surface area contributed by atoms with Gasteiger partial charge in [-0.2, -0.15) is 0 Å². The molecule has 0 saturated carbocycles. The lowest BCUT2D eigenvalue weighted by molar-refractivity contribution is -0.137. The molecule has 5 heteroatoms. The highest BCUT2D eigenvalue weighted by molar-refractivity contribution is 5.65. The fourth-order valence-corrected chi connectivity index (χ4v) is 0. The molecule has 0 aromatic carbocycles. The summed E-state index contributed by atoms with van der Waals surface area (Å²) in [5, 5.41) is 7.89. The van der Waals surface area contributed by atoms with Gasteiger partial charge in [0.2, 0.25) is 0 Å². The van der Waals surface area contributed by atoms with Gasteiger partial charge in [-0.25, -0.2) is 0 Å². The molecule has 0 aromatic heterocycles. The summed E-state index contributed by atoms with van der Waals surface area (Å²) in [7, 11) is 1.35. The first kappa shape index (κ1) is 9.98. The van der Waals surface area contributed by atoms with Crippen LogP contribution in [-0.2, 0) is 9.53 Å². The zero-order valence-corrected chi connectivity index (χ0v) is 4.62. The van der Waals surface area contributed by atoms with Gasteiger partial charge in [0.15, 0.2) is 5.34 Å². The second kappa shape index (κ2) is 9.30. The number of carbonyl (C=O) groups is 1. The first-order chi connectivity index (χ1) is 3.68. The fraction of sp³-hybridized carbons (Fsp3) is 0.667. The minimum absolute atomic E-state index is 0.245. The van der Waals surface area contributed by atoms with Crippen molar-refractivity contribution in [1.29, 1.82) is 0 Å². The van der Waals surface area contributed by atoms with Gasteiger partial charge >= 0.3 is 5.97 Å². The number of rotatable bonds is 0. The van der Waals surface area contributed by atoms with Gasteiger partial charge in [-0.05, 0) is 0 Å². The first-order valence-electron chi connectivity index (χ1n) is 1.70. The van der Waals surface area contributed by atoms with Crippen molar-refractivity contribution in [1.82, 2.24) is 0 Å². The van der Waals surface area contributed by atoms with E-state index in [2.05, 4.69) is 4.74 Å². The molecular formula is C3H7NO4. The smallest absolute Gasteiger partial charge is 0.302 e. The lowest BCUT2D eigenvalue weighted by Gasteiger charge is -1.80. The second-order valence-corrected chi connectivity index (χ2v) is 0.777. The summed E-state index contributed by atoms with van der Waals surface area (Å²) in [6.45, 7) is 1.36. The molecule has 0 heterocycles. The Morgan fingerprint density at radius 3 is 1.88 bits per heavy atom. The second-order valence-electron chi connectivity index (χ2n) is 0.777. The van der Waals surface area contributed by atoms with Gasteiger partial charge < -0.3 is 9.94 Å². The number of carbonyl (C=O) groups excluding carboxylic acids is 1. The molecule has 0 rings (SSSR count). The van der Waals surface area contributed by atoms with Crippen molar-refractivity contribution >= 4 is 5.97 Å². The van der Waals surface area contributed by atoms with Crippen LogP contribution in [0.3, 0.4) is 0 Å². The SMILES string of the molecule is COC(C)=O.O=NO. The third-order valence-corrected chi connectivity index (χ3v) is 0.287. The number of hydrogen-bond donors (Lipinski definition) is 1. The standard InChI is InChI=1S/C3H6O2.HNO2/c1-3(4)5-2;2-1-3/h1-2H3;(H,2,3). The van der Waals surface area contributed by atoms with Crippen molar-refractivity contribution in [2.75, 3.05) is 7.11 Å². The van der Waals surface area contributed by atoms with Crippen molar-refractivity contribution in [3.05, 3.63) is 4.91 Å². The zero-order chi connectivity index (χ0) is 6.99. The van der Waals surface area contributed by atoms with E-state index in [1.165, 1.54) is 19.4 Å². The summed E-state index contributed by atoms with van der Waals surface area (Å²) in [5.41, 5.74) is 0. The number of ether oxygens (including phenoxy) is 1. The van der Waals surface area contributed by atoms with Crippen LogP contribution in [0.15, 0.2) is 5.34 Å². The minimum atomic E-state index is -0.245. The van der Waals surface area contributed by atoms with Gasteiger partial charge in [0, 0.05) is 6.92 Å². The van der Waals surface area contributed by atoms with Crippen LogP contribution in [0.1, 0.15) is 6.92 Å². The molecule has 0 aliphatic heterocycles. The van der Waals surface area contributed by atoms with Crippen LogP contribution in [0.5, 0.6) is 0 Å². The largest absolute Gasteiger partial charge is 0.469 e. The molecule has 0 aromatic rings. The van der Waals surface area contributed by atoms with E-state index < -0.39 is 0 Å². The van der Waals surface area contributed by atoms with Crippen molar-refractivity contribution in [2.45, 2.75) is 6.92 Å². The van der Waals surface area contributed by atoms with E-state index in [0.717, 1.165) is 0 Å². The number of esters is 1. The Bertz CT molecular complexity index is 71.7. The molecule has 0 radical (unpaired) electrons. The Kier molecular flexibility index (Phi) is 11.6. The maximum Gasteiger partial charge on any atom is 0.302 e. The summed E-state index contributed by atoms with van der Waals surface area (Å²) in [4.78, 5) is 17.7. The van der Waals surface area contributed by atoms with E-state index in [0.29, 0.717) is 0 Å². The monoisotopic (exact) mass is 121 g/mol. The molecular weight excluding hydrogens is 114 g/mol. The first-order valence-corrected chi connectivity index (χ1v) is 1.70. The third kappa shape index (κ3) is 96.4. The Hall–Kier alpha value is -1.13. The molecule has 0 amide bonds. The maximum atomic E-state index is 9.59. The predicted molar refractivity (Wildman–Crippen MR) is 25.3 cm³/mol. The predicted octanol–water partition coefficient (Wildman–Crippen LogP) is 0.321. The van der Waals surface area contributed by atoms with E-state index in [4.69, 9.17) is 10.1 Å². The quantitative estimate of drug-likeness (QED) is 0.284. The molecule has 0 spiro atoms. The Balaban J connectivity index is 0. The van der Waals surface area contributed by atoms with Gasteiger partial charge in [-0.1, -0.05) is 0 Å². The number of nitrogens with zero attached hydrogens (tertiary/aromatic N) is 1. The number of hydrogen-bond acceptors (Lipinski definition) is 4. The molecule has 0 aliphatic carbocycles. The van der Waals surface area contributed by atoms with Crippen LogP contribution in [0.4, 0.5) is 0 Å². The highest BCUT2D eigenvalue weighted by Gasteiger charge is 1.75. The molecule has 0 fully saturated rings. The van der Waals surface area contributed by atoms with Gasteiger partial charge in [0.1, 0.15) is 0 Å². The summed E-state index contributed by atoms with van der Waals surface area (Å²) in [6.07, 6.45) is 0. The summed E-state index contributed by atoms with van der Waals surface area (Å²) in [5.74, 6) is -0.245. The summed E-state index contributed by atoms with van der Waals surface area (Å²) in [6, 6.07) is 0. The lowest BCUT2D eigenvalue weighted by atomic mass is 10.8. The van der Waals surface area contributed by atoms with E-state index in [1.54, 1.807) is 0 Å². The lowest BCUT2D eigenvalue weighted by Crippen LogP contribution is -1.88. The molecule has 1 N–H and O–H groups in total. The van der Waals surface area contributed by atoms with Gasteiger partial charge in [-0.15, -0.1) is 4.91 Å². The van der Waals surface area contributed by atoms with E-state index in [9.17, 15) is 4.79 Å². The Morgan fingerprint density at radius 2 is 1.88 bits per heavy atom. The highest BCUT2D eigenvalue weighted by atomic mass is 16.6. The van der Waals surface area contributed by atoms with Gasteiger partial charge in [0.05, 0.1) is 7.11 Å². The normalized spacial score (nSPS) is 5.75. The fourth-order valence-electron chi connectivity index (χ4n) is 0. The molecule has 0 bridgehead atoms. The molecule has 0 atom stereocenters. The van der Waals surface area contributed by atoms with Crippen molar-refractivity contribution in [2.24, 2.45) is 5.34 Å². The Labute approximate surface area is 46.2 Å². The van der Waals surface area contributed by atoms with Crippen LogP contribution in [0, 0.1) is 4.91 Å². The van der Waals surface area contributed by atoms with Gasteiger partial charge in [-0.3, -0.25) is 4.79 Å². The molecule has 0 saturated heterocycles. The molecule has 48 valence electrons. The molecule has 5 nitrogen and oxygen atoms in total. The Morgan fingerprint density at radius 1 is 1.75 bits per heavy atom. The van der Waals surface area contributed by atoms with Crippen LogP contribution >= 0.6 is 0 Å². The summed E-state index contributed by atoms with van der Waals surface area (Å²) >= 11 is 0. The highest BCUT2D eigenvalue weighted by Crippen LogP contribution is 1.60. The topological polar surface area (TPSA) is 76.0 Å².